The van der Waals surface area contributed by atoms with E-state index >= 15 is 0 Å². The van der Waals surface area contributed by atoms with E-state index in [1.807, 2.05) is 39.8 Å². The largest absolute Gasteiger partial charge is 0.481 e. The molecule has 0 saturated carbocycles. The molecular formula is C19H26N2O4. The fraction of sp³-hybridized carbons (Fsp3) is 0.526. The highest BCUT2D eigenvalue weighted by Gasteiger charge is 2.40. The van der Waals surface area contributed by atoms with Crippen molar-refractivity contribution in [1.82, 2.24) is 10.2 Å². The SMILES string of the molecule is Cc1ccccc1C(=O)NC(C(=O)N1C[C@@H](C)[C@H](C(=O)O)C1)C(C)C. The van der Waals surface area contributed by atoms with Gasteiger partial charge in [-0.1, -0.05) is 39.0 Å². The fourth-order valence-corrected chi connectivity index (χ4v) is 3.23. The van der Waals surface area contributed by atoms with Gasteiger partial charge >= 0.3 is 5.97 Å². The number of benzene rings is 1. The number of carboxylic acids is 1. The van der Waals surface area contributed by atoms with E-state index in [4.69, 9.17) is 0 Å². The van der Waals surface area contributed by atoms with Crippen molar-refractivity contribution in [3.05, 3.63) is 35.4 Å². The van der Waals surface area contributed by atoms with Gasteiger partial charge in [0, 0.05) is 18.7 Å². The molecule has 1 aliphatic heterocycles. The molecule has 2 amide bonds. The van der Waals surface area contributed by atoms with E-state index in [-0.39, 0.29) is 30.2 Å². The molecule has 3 atom stereocenters. The Hall–Kier alpha value is -2.37. The van der Waals surface area contributed by atoms with Crippen LogP contribution in [-0.4, -0.2) is 46.9 Å². The monoisotopic (exact) mass is 346 g/mol. The first-order valence-corrected chi connectivity index (χ1v) is 8.60. The molecule has 1 fully saturated rings. The van der Waals surface area contributed by atoms with E-state index in [1.54, 1.807) is 17.0 Å². The van der Waals surface area contributed by atoms with Gasteiger partial charge in [-0.25, -0.2) is 0 Å². The molecule has 0 radical (unpaired) electrons. The van der Waals surface area contributed by atoms with E-state index in [1.165, 1.54) is 0 Å². The fourth-order valence-electron chi connectivity index (χ4n) is 3.23. The van der Waals surface area contributed by atoms with Crippen LogP contribution in [0.2, 0.25) is 0 Å². The molecule has 2 N–H and O–H groups in total. The average Bonchev–Trinajstić information content (AvgIpc) is 2.94. The standard InChI is InChI=1S/C19H26N2O4/c1-11(2)16(20-17(22)14-8-6-5-7-12(14)3)18(23)21-9-13(4)15(10-21)19(24)25/h5-8,11,13,15-16H,9-10H2,1-4H3,(H,20,22)(H,24,25)/t13-,15-,16?/m1/s1. The van der Waals surface area contributed by atoms with Crippen molar-refractivity contribution < 1.29 is 19.5 Å². The summed E-state index contributed by atoms with van der Waals surface area (Å²) in [5, 5.41) is 12.1. The summed E-state index contributed by atoms with van der Waals surface area (Å²) in [6, 6.07) is 6.54. The summed E-state index contributed by atoms with van der Waals surface area (Å²) in [5.41, 5.74) is 1.38. The predicted molar refractivity (Wildman–Crippen MR) is 94.1 cm³/mol. The zero-order valence-corrected chi connectivity index (χ0v) is 15.2. The number of nitrogens with zero attached hydrogens (tertiary/aromatic N) is 1. The number of carbonyl (C=O) groups is 3. The van der Waals surface area contributed by atoms with Gasteiger partial charge < -0.3 is 15.3 Å². The molecular weight excluding hydrogens is 320 g/mol. The third-order valence-corrected chi connectivity index (χ3v) is 4.85. The van der Waals surface area contributed by atoms with E-state index in [2.05, 4.69) is 5.32 Å². The zero-order valence-electron chi connectivity index (χ0n) is 15.2. The number of carbonyl (C=O) groups excluding carboxylic acids is 2. The topological polar surface area (TPSA) is 86.7 Å². The number of likely N-dealkylation sites (tertiary alicyclic amines) is 1. The molecule has 1 aliphatic rings. The van der Waals surface area contributed by atoms with Crippen LogP contribution in [0, 0.1) is 24.7 Å². The lowest BCUT2D eigenvalue weighted by Gasteiger charge is -2.27. The summed E-state index contributed by atoms with van der Waals surface area (Å²) in [4.78, 5) is 38.3. The molecule has 1 unspecified atom stereocenters. The Bertz CT molecular complexity index is 671. The highest BCUT2D eigenvalue weighted by Crippen LogP contribution is 2.24. The lowest BCUT2D eigenvalue weighted by atomic mass is 9.99. The third kappa shape index (κ3) is 4.18. The average molecular weight is 346 g/mol. The number of aryl methyl sites for hydroxylation is 1. The molecule has 1 aromatic carbocycles. The van der Waals surface area contributed by atoms with Crippen LogP contribution in [0.5, 0.6) is 0 Å². The van der Waals surface area contributed by atoms with E-state index in [0.717, 1.165) is 5.56 Å². The molecule has 25 heavy (non-hydrogen) atoms. The Labute approximate surface area is 148 Å². The molecule has 1 saturated heterocycles. The Morgan fingerprint density at radius 1 is 1.20 bits per heavy atom. The molecule has 0 bridgehead atoms. The highest BCUT2D eigenvalue weighted by molar-refractivity contribution is 5.98. The van der Waals surface area contributed by atoms with Gasteiger partial charge in [-0.3, -0.25) is 14.4 Å². The summed E-state index contributed by atoms with van der Waals surface area (Å²) in [5.74, 6) is -2.13. The first-order valence-electron chi connectivity index (χ1n) is 8.60. The Kier molecular flexibility index (Phi) is 5.82. The van der Waals surface area contributed by atoms with Crippen LogP contribution in [0.15, 0.2) is 24.3 Å². The second-order valence-electron chi connectivity index (χ2n) is 7.18. The van der Waals surface area contributed by atoms with E-state index in [0.29, 0.717) is 12.1 Å². The predicted octanol–water partition coefficient (Wildman–Crippen LogP) is 1.93. The number of nitrogens with one attached hydrogen (secondary N) is 1. The lowest BCUT2D eigenvalue weighted by molar-refractivity contribution is -0.142. The summed E-state index contributed by atoms with van der Waals surface area (Å²) in [6.45, 7) is 8.02. The molecule has 0 aliphatic carbocycles. The minimum atomic E-state index is -0.882. The minimum Gasteiger partial charge on any atom is -0.481 e. The quantitative estimate of drug-likeness (QED) is 0.853. The highest BCUT2D eigenvalue weighted by atomic mass is 16.4. The molecule has 0 spiro atoms. The van der Waals surface area contributed by atoms with Crippen LogP contribution < -0.4 is 5.32 Å². The van der Waals surface area contributed by atoms with Crippen molar-refractivity contribution in [2.75, 3.05) is 13.1 Å². The van der Waals surface area contributed by atoms with Gasteiger partial charge in [0.1, 0.15) is 6.04 Å². The van der Waals surface area contributed by atoms with Crippen molar-refractivity contribution in [3.8, 4) is 0 Å². The second kappa shape index (κ2) is 7.68. The zero-order chi connectivity index (χ0) is 18.7. The van der Waals surface area contributed by atoms with Crippen molar-refractivity contribution in [2.45, 2.75) is 33.7 Å². The van der Waals surface area contributed by atoms with E-state index < -0.39 is 17.9 Å². The first-order chi connectivity index (χ1) is 11.7. The van der Waals surface area contributed by atoms with Crippen LogP contribution in [0.25, 0.3) is 0 Å². The van der Waals surface area contributed by atoms with Gasteiger partial charge in [0.25, 0.3) is 5.91 Å². The van der Waals surface area contributed by atoms with Gasteiger partial charge in [-0.05, 0) is 30.4 Å². The van der Waals surface area contributed by atoms with Crippen LogP contribution in [0.3, 0.4) is 0 Å². The smallest absolute Gasteiger partial charge is 0.308 e. The second-order valence-corrected chi connectivity index (χ2v) is 7.18. The van der Waals surface area contributed by atoms with Gasteiger partial charge in [0.2, 0.25) is 5.91 Å². The lowest BCUT2D eigenvalue weighted by Crippen LogP contribution is -2.51. The molecule has 6 heteroatoms. The van der Waals surface area contributed by atoms with Crippen molar-refractivity contribution in [1.29, 1.82) is 0 Å². The maximum atomic E-state index is 12.9. The molecule has 6 nitrogen and oxygen atoms in total. The van der Waals surface area contributed by atoms with Crippen molar-refractivity contribution in [2.24, 2.45) is 17.8 Å². The summed E-state index contributed by atoms with van der Waals surface area (Å²) in [7, 11) is 0. The Morgan fingerprint density at radius 3 is 2.36 bits per heavy atom. The summed E-state index contributed by atoms with van der Waals surface area (Å²) < 4.78 is 0. The minimum absolute atomic E-state index is 0.0960. The first kappa shape index (κ1) is 19.0. The van der Waals surface area contributed by atoms with Gasteiger partial charge in [-0.2, -0.15) is 0 Å². The number of hydrogen-bond donors (Lipinski definition) is 2. The molecule has 1 aromatic rings. The number of amides is 2. The van der Waals surface area contributed by atoms with Crippen LogP contribution in [0.4, 0.5) is 0 Å². The number of aliphatic carboxylic acids is 1. The van der Waals surface area contributed by atoms with Gasteiger partial charge in [-0.15, -0.1) is 0 Å². The maximum Gasteiger partial charge on any atom is 0.308 e. The van der Waals surface area contributed by atoms with Crippen LogP contribution in [-0.2, 0) is 9.59 Å². The Balaban J connectivity index is 2.13. The van der Waals surface area contributed by atoms with Crippen molar-refractivity contribution in [3.63, 3.8) is 0 Å². The number of hydrogen-bond acceptors (Lipinski definition) is 3. The number of rotatable bonds is 5. The van der Waals surface area contributed by atoms with Crippen LogP contribution in [0.1, 0.15) is 36.7 Å². The van der Waals surface area contributed by atoms with Crippen molar-refractivity contribution >= 4 is 17.8 Å². The Morgan fingerprint density at radius 2 is 1.84 bits per heavy atom. The third-order valence-electron chi connectivity index (χ3n) is 4.85. The van der Waals surface area contributed by atoms with Gasteiger partial charge in [0.05, 0.1) is 5.92 Å². The van der Waals surface area contributed by atoms with Crippen LogP contribution >= 0.6 is 0 Å². The summed E-state index contributed by atoms with van der Waals surface area (Å²) >= 11 is 0. The van der Waals surface area contributed by atoms with E-state index in [9.17, 15) is 19.5 Å². The molecule has 2 rings (SSSR count). The molecule has 0 aromatic heterocycles. The van der Waals surface area contributed by atoms with Gasteiger partial charge in [0.15, 0.2) is 0 Å². The number of carboxylic acid groups (broad SMARTS) is 1. The molecule has 1 heterocycles. The normalized spacial score (nSPS) is 21.2. The maximum absolute atomic E-state index is 12.9. The molecule has 136 valence electrons. The summed E-state index contributed by atoms with van der Waals surface area (Å²) in [6.07, 6.45) is 0.